The summed E-state index contributed by atoms with van der Waals surface area (Å²) in [7, 11) is 2.57. The van der Waals surface area contributed by atoms with Crippen LogP contribution in [0.4, 0.5) is 10.1 Å². The van der Waals surface area contributed by atoms with Gasteiger partial charge in [0, 0.05) is 17.4 Å². The van der Waals surface area contributed by atoms with Gasteiger partial charge in [0.1, 0.15) is 9.88 Å². The maximum atomic E-state index is 12.1. The second kappa shape index (κ2) is 9.57. The minimum absolute atomic E-state index is 0.213. The van der Waals surface area contributed by atoms with Gasteiger partial charge in [0.15, 0.2) is 4.34 Å². The van der Waals surface area contributed by atoms with Crippen molar-refractivity contribution in [2.45, 2.75) is 48.2 Å². The van der Waals surface area contributed by atoms with Crippen LogP contribution in [0.25, 0.3) is 0 Å². The smallest absolute Gasteiger partial charge is 0.348 e. The highest BCUT2D eigenvalue weighted by molar-refractivity contribution is 8.00. The fraction of sp³-hybridized carbons (Fsp3) is 0.529. The van der Waals surface area contributed by atoms with Gasteiger partial charge in [-0.1, -0.05) is 42.4 Å². The molecule has 0 amide bonds. The van der Waals surface area contributed by atoms with Crippen LogP contribution in [0.2, 0.25) is 0 Å². The van der Waals surface area contributed by atoms with Crippen LogP contribution >= 0.6 is 34.4 Å². The van der Waals surface area contributed by atoms with E-state index in [1.807, 2.05) is 0 Å². The number of rotatable bonds is 7. The summed E-state index contributed by atoms with van der Waals surface area (Å²) < 4.78 is 10.4. The molecule has 0 bridgehead atoms. The summed E-state index contributed by atoms with van der Waals surface area (Å²) in [4.78, 5) is 24.5. The first-order chi connectivity index (χ1) is 13.5. The minimum Gasteiger partial charge on any atom is -0.465 e. The van der Waals surface area contributed by atoms with E-state index in [0.717, 1.165) is 33.6 Å². The van der Waals surface area contributed by atoms with Crippen molar-refractivity contribution >= 4 is 56.5 Å². The fourth-order valence-corrected chi connectivity index (χ4v) is 6.03. The van der Waals surface area contributed by atoms with E-state index in [9.17, 15) is 9.59 Å². The van der Waals surface area contributed by atoms with E-state index in [0.29, 0.717) is 22.2 Å². The lowest BCUT2D eigenvalue weighted by Crippen LogP contribution is -2.21. The molecule has 1 fully saturated rings. The highest BCUT2D eigenvalue weighted by atomic mass is 32.2. The Bertz CT molecular complexity index is 846. The van der Waals surface area contributed by atoms with E-state index < -0.39 is 11.9 Å². The van der Waals surface area contributed by atoms with Crippen LogP contribution in [0, 0.1) is 0 Å². The second-order valence-corrected chi connectivity index (χ2v) is 9.53. The van der Waals surface area contributed by atoms with Gasteiger partial charge in [-0.15, -0.1) is 21.5 Å². The number of carbonyl (C=O) groups is 2. The summed E-state index contributed by atoms with van der Waals surface area (Å²) in [6.07, 6.45) is 6.08. The quantitative estimate of drug-likeness (QED) is 0.488. The molecule has 1 aliphatic rings. The monoisotopic (exact) mass is 442 g/mol. The molecule has 1 aliphatic carbocycles. The van der Waals surface area contributed by atoms with Crippen molar-refractivity contribution in [2.75, 3.05) is 25.3 Å². The maximum absolute atomic E-state index is 12.1. The second-order valence-electron chi connectivity index (χ2n) is 6.27. The number of nitrogens with two attached hydrogens (primary N) is 1. The molecule has 2 aromatic rings. The summed E-state index contributed by atoms with van der Waals surface area (Å²) in [5, 5.41) is 12.9. The van der Waals surface area contributed by atoms with Gasteiger partial charge in [-0.05, 0) is 12.8 Å². The molecule has 3 rings (SSSR count). The van der Waals surface area contributed by atoms with E-state index in [1.165, 1.54) is 56.6 Å². The average Bonchev–Trinajstić information content (AvgIpc) is 3.29. The summed E-state index contributed by atoms with van der Waals surface area (Å²) in [6.45, 7) is 0. The summed E-state index contributed by atoms with van der Waals surface area (Å²) in [6, 6.07) is 0.452. The van der Waals surface area contributed by atoms with Crippen LogP contribution in [0.5, 0.6) is 0 Å². The standard InChI is InChI=1S/C17H22N4O4S3/c1-24-14(22)11-10(12(15(23)25-2)27-13(11)18)8-26-17-21-20-16(28-17)19-9-6-4-3-5-7-9/h9H,3-8,18H2,1-2H3,(H,19,20). The van der Waals surface area contributed by atoms with E-state index in [4.69, 9.17) is 15.2 Å². The molecular formula is C17H22N4O4S3. The Morgan fingerprint density at radius 1 is 1.14 bits per heavy atom. The van der Waals surface area contributed by atoms with Gasteiger partial charge in [-0.25, -0.2) is 9.59 Å². The molecule has 0 atom stereocenters. The Morgan fingerprint density at radius 3 is 2.54 bits per heavy atom. The fourth-order valence-electron chi connectivity index (χ4n) is 3.09. The summed E-state index contributed by atoms with van der Waals surface area (Å²) in [5.74, 6) is -0.767. The van der Waals surface area contributed by atoms with Crippen LogP contribution in [0.15, 0.2) is 4.34 Å². The van der Waals surface area contributed by atoms with E-state index in [1.54, 1.807) is 0 Å². The molecule has 0 spiro atoms. The van der Waals surface area contributed by atoms with Crippen molar-refractivity contribution in [2.24, 2.45) is 0 Å². The van der Waals surface area contributed by atoms with Crippen LogP contribution < -0.4 is 11.1 Å². The number of nitrogens with one attached hydrogen (secondary N) is 1. The largest absolute Gasteiger partial charge is 0.465 e. The third-order valence-corrected chi connectivity index (χ3v) is 7.53. The zero-order valence-electron chi connectivity index (χ0n) is 15.6. The molecule has 0 radical (unpaired) electrons. The van der Waals surface area contributed by atoms with Gasteiger partial charge in [0.25, 0.3) is 0 Å². The van der Waals surface area contributed by atoms with Crippen molar-refractivity contribution in [1.82, 2.24) is 10.2 Å². The molecule has 1 saturated carbocycles. The predicted octanol–water partition coefficient (Wildman–Crippen LogP) is 3.79. The Kier molecular flexibility index (Phi) is 7.13. The third-order valence-electron chi connectivity index (χ3n) is 4.47. The topological polar surface area (TPSA) is 116 Å². The molecule has 3 N–H and O–H groups in total. The number of nitrogen functional groups attached to an aromatic ring is 1. The zero-order chi connectivity index (χ0) is 20.1. The molecule has 0 unspecified atom stereocenters. The lowest BCUT2D eigenvalue weighted by Gasteiger charge is -2.21. The first kappa shape index (κ1) is 20.9. The lowest BCUT2D eigenvalue weighted by atomic mass is 9.96. The molecule has 0 aromatic carbocycles. The Labute approximate surface area is 175 Å². The lowest BCUT2D eigenvalue weighted by molar-refractivity contribution is 0.0601. The van der Waals surface area contributed by atoms with Crippen molar-refractivity contribution in [3.05, 3.63) is 16.0 Å². The van der Waals surface area contributed by atoms with E-state index in [-0.39, 0.29) is 10.6 Å². The summed E-state index contributed by atoms with van der Waals surface area (Å²) in [5.41, 5.74) is 6.67. The van der Waals surface area contributed by atoms with E-state index in [2.05, 4.69) is 15.5 Å². The Hall–Kier alpha value is -1.85. The van der Waals surface area contributed by atoms with Crippen molar-refractivity contribution in [3.8, 4) is 0 Å². The van der Waals surface area contributed by atoms with Crippen LogP contribution in [-0.4, -0.2) is 42.4 Å². The van der Waals surface area contributed by atoms with Crippen molar-refractivity contribution in [3.63, 3.8) is 0 Å². The van der Waals surface area contributed by atoms with Crippen LogP contribution in [0.3, 0.4) is 0 Å². The van der Waals surface area contributed by atoms with Gasteiger partial charge in [-0.2, -0.15) is 0 Å². The molecule has 28 heavy (non-hydrogen) atoms. The normalized spacial score (nSPS) is 14.6. The number of anilines is 2. The number of carbonyl (C=O) groups excluding carboxylic acids is 2. The number of hydrogen-bond acceptors (Lipinski definition) is 11. The first-order valence-electron chi connectivity index (χ1n) is 8.84. The number of hydrogen-bond donors (Lipinski definition) is 2. The van der Waals surface area contributed by atoms with Gasteiger partial charge in [0.2, 0.25) is 5.13 Å². The van der Waals surface area contributed by atoms with E-state index >= 15 is 0 Å². The molecule has 2 heterocycles. The molecule has 11 heteroatoms. The number of thiophene rings is 1. The molecule has 0 saturated heterocycles. The van der Waals surface area contributed by atoms with Gasteiger partial charge in [-0.3, -0.25) is 0 Å². The Morgan fingerprint density at radius 2 is 1.86 bits per heavy atom. The zero-order valence-corrected chi connectivity index (χ0v) is 18.1. The van der Waals surface area contributed by atoms with Gasteiger partial charge < -0.3 is 20.5 Å². The van der Waals surface area contributed by atoms with Crippen LogP contribution in [-0.2, 0) is 15.2 Å². The van der Waals surface area contributed by atoms with Crippen molar-refractivity contribution < 1.29 is 19.1 Å². The third kappa shape index (κ3) is 4.76. The molecule has 0 aliphatic heterocycles. The summed E-state index contributed by atoms with van der Waals surface area (Å²) >= 11 is 3.88. The highest BCUT2D eigenvalue weighted by Crippen LogP contribution is 2.37. The Balaban J connectivity index is 1.73. The number of esters is 2. The number of aromatic nitrogens is 2. The van der Waals surface area contributed by atoms with Crippen LogP contribution in [0.1, 0.15) is 57.7 Å². The highest BCUT2D eigenvalue weighted by Gasteiger charge is 2.27. The van der Waals surface area contributed by atoms with Crippen molar-refractivity contribution in [1.29, 1.82) is 0 Å². The average molecular weight is 443 g/mol. The number of ether oxygens (including phenoxy) is 2. The minimum atomic E-state index is -0.573. The van der Waals surface area contributed by atoms with Gasteiger partial charge >= 0.3 is 11.9 Å². The molecule has 2 aromatic heterocycles. The van der Waals surface area contributed by atoms with Gasteiger partial charge in [0.05, 0.1) is 19.8 Å². The SMILES string of the molecule is COC(=O)c1sc(N)c(C(=O)OC)c1CSc1nnc(NC2CCCCC2)s1. The molecular weight excluding hydrogens is 420 g/mol. The number of methoxy groups -OCH3 is 2. The first-order valence-corrected chi connectivity index (χ1v) is 11.5. The number of nitrogens with zero attached hydrogens (tertiary/aromatic N) is 2. The predicted molar refractivity (Wildman–Crippen MR) is 111 cm³/mol. The number of thioether (sulfide) groups is 1. The molecule has 152 valence electrons. The maximum Gasteiger partial charge on any atom is 0.348 e. The molecule has 8 nitrogen and oxygen atoms in total.